The van der Waals surface area contributed by atoms with Gasteiger partial charge in [0.05, 0.1) is 5.69 Å². The Morgan fingerprint density at radius 2 is 2.12 bits per heavy atom. The van der Waals surface area contributed by atoms with E-state index in [4.69, 9.17) is 16.7 Å². The number of carbonyl (C=O) groups is 1. The summed E-state index contributed by atoms with van der Waals surface area (Å²) in [5.41, 5.74) is 4.75. The Kier molecular flexibility index (Phi) is 6.17. The third-order valence-electron chi connectivity index (χ3n) is 8.58. The van der Waals surface area contributed by atoms with E-state index >= 15 is 0 Å². The second-order valence-electron chi connectivity index (χ2n) is 10.8. The van der Waals surface area contributed by atoms with Crippen molar-refractivity contribution in [2.24, 2.45) is 23.2 Å². The molecule has 1 N–H and O–H groups in total. The highest BCUT2D eigenvalue weighted by molar-refractivity contribution is 7.12. The summed E-state index contributed by atoms with van der Waals surface area (Å²) < 4.78 is 2.11. The molecule has 4 aliphatic carbocycles. The van der Waals surface area contributed by atoms with Crippen molar-refractivity contribution in [2.75, 3.05) is 12.4 Å². The van der Waals surface area contributed by atoms with Crippen molar-refractivity contribution in [3.05, 3.63) is 27.1 Å². The first-order chi connectivity index (χ1) is 15.4. The Morgan fingerprint density at radius 1 is 1.28 bits per heavy atom. The molecule has 4 nitrogen and oxygen atoms in total. The smallest absolute Gasteiger partial charge is 0.272 e. The molecule has 3 saturated carbocycles. The Labute approximate surface area is 201 Å². The van der Waals surface area contributed by atoms with Gasteiger partial charge in [0.2, 0.25) is 0 Å². The predicted octanol–water partition coefficient (Wildman–Crippen LogP) is 6.23. The van der Waals surface area contributed by atoms with Crippen LogP contribution in [0, 0.1) is 30.1 Å². The van der Waals surface area contributed by atoms with Gasteiger partial charge in [-0.2, -0.15) is 5.10 Å². The van der Waals surface area contributed by atoms with Crippen LogP contribution in [0.15, 0.2) is 6.07 Å². The van der Waals surface area contributed by atoms with Crippen molar-refractivity contribution in [2.45, 2.75) is 78.7 Å². The Balaban J connectivity index is 1.35. The van der Waals surface area contributed by atoms with E-state index in [9.17, 15) is 4.79 Å². The molecule has 174 valence electrons. The zero-order valence-electron chi connectivity index (χ0n) is 19.7. The normalized spacial score (nSPS) is 25.1. The van der Waals surface area contributed by atoms with Gasteiger partial charge in [0.1, 0.15) is 0 Å². The number of nitrogens with one attached hydrogen (secondary N) is 1. The average Bonchev–Trinajstić information content (AvgIpc) is 3.34. The van der Waals surface area contributed by atoms with Gasteiger partial charge in [-0.15, -0.1) is 22.9 Å². The topological polar surface area (TPSA) is 46.9 Å². The molecule has 32 heavy (non-hydrogen) atoms. The van der Waals surface area contributed by atoms with Crippen molar-refractivity contribution in [3.8, 4) is 11.3 Å². The van der Waals surface area contributed by atoms with Gasteiger partial charge in [-0.1, -0.05) is 20.3 Å². The summed E-state index contributed by atoms with van der Waals surface area (Å²) in [6.07, 6.45) is 9.00. The van der Waals surface area contributed by atoms with Gasteiger partial charge in [-0.3, -0.25) is 9.48 Å². The number of alkyl halides is 1. The molecule has 0 spiro atoms. The molecule has 2 bridgehead atoms. The number of amides is 1. The summed E-state index contributed by atoms with van der Waals surface area (Å²) in [7, 11) is 0. The fourth-order valence-electron chi connectivity index (χ4n) is 6.62. The van der Waals surface area contributed by atoms with Crippen LogP contribution in [0.3, 0.4) is 0 Å². The third-order valence-corrected chi connectivity index (χ3v) is 9.96. The minimum absolute atomic E-state index is 0.0235. The van der Waals surface area contributed by atoms with E-state index in [-0.39, 0.29) is 5.91 Å². The molecule has 4 aliphatic rings. The molecule has 6 rings (SSSR count). The lowest BCUT2D eigenvalue weighted by Gasteiger charge is -2.60. The number of hydrogen-bond donors (Lipinski definition) is 1. The molecule has 0 radical (unpaired) electrons. The van der Waals surface area contributed by atoms with Crippen LogP contribution >= 0.6 is 22.9 Å². The Morgan fingerprint density at radius 3 is 2.88 bits per heavy atom. The average molecular weight is 474 g/mol. The van der Waals surface area contributed by atoms with E-state index in [1.807, 2.05) is 11.3 Å². The van der Waals surface area contributed by atoms with Crippen molar-refractivity contribution >= 4 is 28.8 Å². The number of halogens is 1. The van der Waals surface area contributed by atoms with Crippen LogP contribution in [-0.2, 0) is 19.4 Å². The molecule has 3 fully saturated rings. The lowest BCUT2D eigenvalue weighted by Crippen LogP contribution is -2.54. The van der Waals surface area contributed by atoms with E-state index in [0.717, 1.165) is 62.6 Å². The maximum absolute atomic E-state index is 13.3. The van der Waals surface area contributed by atoms with Crippen LogP contribution in [-0.4, -0.2) is 28.1 Å². The largest absolute Gasteiger partial charge is 0.350 e. The Bertz CT molecular complexity index is 1010. The van der Waals surface area contributed by atoms with Crippen LogP contribution in [0.5, 0.6) is 0 Å². The van der Waals surface area contributed by atoms with Gasteiger partial charge < -0.3 is 5.32 Å². The van der Waals surface area contributed by atoms with Crippen molar-refractivity contribution in [1.82, 2.24) is 15.1 Å². The van der Waals surface area contributed by atoms with Gasteiger partial charge >= 0.3 is 0 Å². The van der Waals surface area contributed by atoms with Crippen LogP contribution in [0.25, 0.3) is 11.3 Å². The Hall–Kier alpha value is -1.33. The zero-order chi connectivity index (χ0) is 22.5. The second kappa shape index (κ2) is 8.79. The van der Waals surface area contributed by atoms with Gasteiger partial charge in [0.25, 0.3) is 5.91 Å². The molecule has 3 atom stereocenters. The summed E-state index contributed by atoms with van der Waals surface area (Å²) in [5.74, 6) is 2.99. The highest BCUT2D eigenvalue weighted by atomic mass is 35.5. The van der Waals surface area contributed by atoms with Crippen LogP contribution in [0.4, 0.5) is 0 Å². The zero-order valence-corrected chi connectivity index (χ0v) is 21.2. The minimum atomic E-state index is 0.0235. The van der Waals surface area contributed by atoms with E-state index in [1.54, 1.807) is 0 Å². The SMILES string of the molecule is Cc1cc2c(s1)CCc1c(C(=O)NCC3CCC4CC3C4(C)C)nn(CCCCCCl)c1-2. The first-order valence-corrected chi connectivity index (χ1v) is 13.8. The summed E-state index contributed by atoms with van der Waals surface area (Å²) in [6.45, 7) is 8.65. The molecule has 2 aromatic heterocycles. The number of nitrogens with zero attached hydrogens (tertiary/aromatic N) is 2. The number of hydrogen-bond acceptors (Lipinski definition) is 3. The van der Waals surface area contributed by atoms with Crippen LogP contribution in [0.1, 0.15) is 78.2 Å². The van der Waals surface area contributed by atoms with Gasteiger partial charge in [-0.05, 0) is 81.1 Å². The number of aryl methyl sites for hydroxylation is 3. The van der Waals surface area contributed by atoms with E-state index in [1.165, 1.54) is 40.3 Å². The molecular formula is C26H36ClN3OS. The molecule has 3 unspecified atom stereocenters. The van der Waals surface area contributed by atoms with E-state index < -0.39 is 0 Å². The molecule has 0 saturated heterocycles. The number of thiophene rings is 1. The maximum atomic E-state index is 13.3. The summed E-state index contributed by atoms with van der Waals surface area (Å²) in [6, 6.07) is 2.29. The molecule has 2 aromatic rings. The number of unbranched alkanes of at least 4 members (excludes halogenated alkanes) is 2. The van der Waals surface area contributed by atoms with Crippen molar-refractivity contribution in [3.63, 3.8) is 0 Å². The van der Waals surface area contributed by atoms with Gasteiger partial charge in [-0.25, -0.2) is 0 Å². The quantitative estimate of drug-likeness (QED) is 0.365. The molecule has 0 aliphatic heterocycles. The van der Waals surface area contributed by atoms with E-state index in [0.29, 0.717) is 22.9 Å². The molecule has 2 heterocycles. The van der Waals surface area contributed by atoms with Gasteiger partial charge in [0, 0.05) is 39.9 Å². The van der Waals surface area contributed by atoms with Crippen LogP contribution in [0.2, 0.25) is 0 Å². The van der Waals surface area contributed by atoms with Gasteiger partial charge in [0.15, 0.2) is 5.69 Å². The molecule has 6 heteroatoms. The second-order valence-corrected chi connectivity index (χ2v) is 12.5. The highest BCUT2D eigenvalue weighted by Gasteiger charge is 2.54. The fourth-order valence-corrected chi connectivity index (χ4v) is 7.84. The van der Waals surface area contributed by atoms with E-state index in [2.05, 4.69) is 36.8 Å². The predicted molar refractivity (Wildman–Crippen MR) is 133 cm³/mol. The fraction of sp³-hybridized carbons (Fsp3) is 0.692. The number of carbonyl (C=O) groups excluding carboxylic acids is 1. The number of aromatic nitrogens is 2. The minimum Gasteiger partial charge on any atom is -0.350 e. The molecular weight excluding hydrogens is 438 g/mol. The summed E-state index contributed by atoms with van der Waals surface area (Å²) in [4.78, 5) is 16.1. The third kappa shape index (κ3) is 3.83. The maximum Gasteiger partial charge on any atom is 0.272 e. The lowest BCUT2D eigenvalue weighted by molar-refractivity contribution is -0.103. The molecule has 1 amide bonds. The number of fused-ring (bicyclic) bond motifs is 5. The van der Waals surface area contributed by atoms with Crippen molar-refractivity contribution < 1.29 is 4.79 Å². The summed E-state index contributed by atoms with van der Waals surface area (Å²) in [5, 5.41) is 8.20. The lowest BCUT2D eigenvalue weighted by atomic mass is 9.45. The monoisotopic (exact) mass is 473 g/mol. The highest BCUT2D eigenvalue weighted by Crippen LogP contribution is 2.61. The standard InChI is InChI=1S/C26H36ClN3OS/c1-16-13-20-22(32-16)10-9-19-23(29-30(24(19)20)12-6-4-5-11-27)25(31)28-15-17-7-8-18-14-21(17)26(18,2)3/h13,17-18,21H,4-12,14-15H2,1-3H3,(H,28,31). The number of rotatable bonds is 8. The molecule has 0 aromatic carbocycles. The first kappa shape index (κ1) is 22.5. The van der Waals surface area contributed by atoms with Crippen molar-refractivity contribution in [1.29, 1.82) is 0 Å². The summed E-state index contributed by atoms with van der Waals surface area (Å²) >= 11 is 7.76. The van der Waals surface area contributed by atoms with Crippen LogP contribution < -0.4 is 5.32 Å². The first-order valence-electron chi connectivity index (χ1n) is 12.4.